The molecule has 0 bridgehead atoms. The summed E-state index contributed by atoms with van der Waals surface area (Å²) in [6.07, 6.45) is 3.39. The fourth-order valence-corrected chi connectivity index (χ4v) is 2.95. The molecule has 1 aromatic carbocycles. The summed E-state index contributed by atoms with van der Waals surface area (Å²) in [6.45, 7) is 6.57. The van der Waals surface area contributed by atoms with Gasteiger partial charge in [0.25, 0.3) is 0 Å². The molecule has 17 heavy (non-hydrogen) atoms. The van der Waals surface area contributed by atoms with E-state index in [-0.39, 0.29) is 18.8 Å². The third kappa shape index (κ3) is 2.70. The molecular weight excluding hydrogens is 212 g/mol. The third-order valence-corrected chi connectivity index (χ3v) is 3.61. The highest BCUT2D eigenvalue weighted by Gasteiger charge is 2.25. The van der Waals surface area contributed by atoms with Gasteiger partial charge in [0.05, 0.1) is 18.8 Å². The molecule has 2 rings (SSSR count). The number of rotatable bonds is 2. The first-order chi connectivity index (χ1) is 8.11. The summed E-state index contributed by atoms with van der Waals surface area (Å²) in [5, 5.41) is 9.21. The van der Waals surface area contributed by atoms with Crippen LogP contribution in [0.25, 0.3) is 0 Å². The van der Waals surface area contributed by atoms with Crippen molar-refractivity contribution < 1.29 is 9.84 Å². The minimum atomic E-state index is 0.0221. The van der Waals surface area contributed by atoms with Crippen LogP contribution in [0.3, 0.4) is 0 Å². The lowest BCUT2D eigenvalue weighted by Gasteiger charge is -2.31. The van der Waals surface area contributed by atoms with Gasteiger partial charge in [-0.2, -0.15) is 0 Å². The van der Waals surface area contributed by atoms with E-state index in [2.05, 4.69) is 32.9 Å². The Balaban J connectivity index is 2.27. The maximum absolute atomic E-state index is 9.21. The summed E-state index contributed by atoms with van der Waals surface area (Å²) in [6, 6.07) is 4.43. The number of hydrogen-bond donors (Lipinski definition) is 1. The molecule has 0 radical (unpaired) electrons. The molecule has 2 atom stereocenters. The lowest BCUT2D eigenvalue weighted by Crippen LogP contribution is -2.26. The number of ether oxygens (including phenoxy) is 1. The van der Waals surface area contributed by atoms with E-state index in [4.69, 9.17) is 4.74 Å². The summed E-state index contributed by atoms with van der Waals surface area (Å²) in [7, 11) is 0. The normalized spacial score (nSPS) is 24.9. The van der Waals surface area contributed by atoms with Crippen molar-refractivity contribution in [3.63, 3.8) is 0 Å². The Morgan fingerprint density at radius 1 is 1.18 bits per heavy atom. The van der Waals surface area contributed by atoms with Gasteiger partial charge >= 0.3 is 0 Å². The van der Waals surface area contributed by atoms with Crippen molar-refractivity contribution in [2.24, 2.45) is 0 Å². The van der Waals surface area contributed by atoms with Gasteiger partial charge < -0.3 is 9.84 Å². The van der Waals surface area contributed by atoms with E-state index in [0.717, 1.165) is 19.3 Å². The van der Waals surface area contributed by atoms with E-state index in [9.17, 15) is 5.11 Å². The Bertz CT molecular complexity index is 375. The molecule has 1 fully saturated rings. The average Bonchev–Trinajstić information content (AvgIpc) is 2.28. The van der Waals surface area contributed by atoms with Gasteiger partial charge in [-0.25, -0.2) is 0 Å². The first-order valence-corrected chi connectivity index (χ1v) is 6.46. The highest BCUT2D eigenvalue weighted by molar-refractivity contribution is 5.39. The second-order valence-corrected chi connectivity index (χ2v) is 5.17. The predicted molar refractivity (Wildman–Crippen MR) is 69.2 cm³/mol. The van der Waals surface area contributed by atoms with Gasteiger partial charge in [-0.15, -0.1) is 0 Å². The second-order valence-electron chi connectivity index (χ2n) is 5.17. The van der Waals surface area contributed by atoms with E-state index in [1.54, 1.807) is 0 Å². The zero-order valence-corrected chi connectivity index (χ0v) is 11.0. The molecule has 0 aromatic heterocycles. The fraction of sp³-hybridized carbons (Fsp3) is 0.600. The molecule has 0 saturated carbocycles. The summed E-state index contributed by atoms with van der Waals surface area (Å²) < 4.78 is 5.97. The van der Waals surface area contributed by atoms with E-state index in [1.807, 2.05) is 0 Å². The van der Waals surface area contributed by atoms with Gasteiger partial charge in [-0.3, -0.25) is 0 Å². The molecule has 0 aliphatic carbocycles. The van der Waals surface area contributed by atoms with Gasteiger partial charge in [0, 0.05) is 0 Å². The van der Waals surface area contributed by atoms with Crippen LogP contribution < -0.4 is 0 Å². The summed E-state index contributed by atoms with van der Waals surface area (Å²) in [5.41, 5.74) is 5.25. The molecule has 0 unspecified atom stereocenters. The van der Waals surface area contributed by atoms with Crippen LogP contribution in [-0.4, -0.2) is 17.8 Å². The van der Waals surface area contributed by atoms with Crippen LogP contribution in [-0.2, 0) is 4.74 Å². The number of hydrogen-bond acceptors (Lipinski definition) is 2. The van der Waals surface area contributed by atoms with E-state index >= 15 is 0 Å². The number of aliphatic hydroxyl groups excluding tert-OH is 1. The molecule has 2 heteroatoms. The van der Waals surface area contributed by atoms with Gasteiger partial charge in [-0.05, 0) is 56.7 Å². The van der Waals surface area contributed by atoms with Crippen LogP contribution in [0.15, 0.2) is 12.1 Å². The van der Waals surface area contributed by atoms with Crippen LogP contribution >= 0.6 is 0 Å². The molecule has 1 aliphatic rings. The quantitative estimate of drug-likeness (QED) is 0.851. The molecule has 1 aliphatic heterocycles. The number of aliphatic hydroxyl groups is 1. The van der Waals surface area contributed by atoms with Crippen LogP contribution in [0, 0.1) is 20.8 Å². The predicted octanol–water partition coefficient (Wildman–Crippen LogP) is 3.21. The van der Waals surface area contributed by atoms with Gasteiger partial charge in [0.2, 0.25) is 0 Å². The lowest BCUT2D eigenvalue weighted by atomic mass is 9.91. The van der Waals surface area contributed by atoms with Crippen LogP contribution in [0.5, 0.6) is 0 Å². The smallest absolute Gasteiger partial charge is 0.0835 e. The Morgan fingerprint density at radius 2 is 1.82 bits per heavy atom. The molecule has 0 amide bonds. The molecule has 94 valence electrons. The molecular formula is C15H22O2. The zero-order valence-electron chi connectivity index (χ0n) is 11.0. The van der Waals surface area contributed by atoms with Crippen LogP contribution in [0.1, 0.15) is 47.6 Å². The molecule has 1 aromatic rings. The van der Waals surface area contributed by atoms with Gasteiger partial charge in [0.1, 0.15) is 0 Å². The minimum Gasteiger partial charge on any atom is -0.394 e. The maximum Gasteiger partial charge on any atom is 0.0835 e. The van der Waals surface area contributed by atoms with E-state index in [1.165, 1.54) is 22.3 Å². The monoisotopic (exact) mass is 234 g/mol. The van der Waals surface area contributed by atoms with Gasteiger partial charge in [0.15, 0.2) is 0 Å². The van der Waals surface area contributed by atoms with Crippen molar-refractivity contribution in [1.29, 1.82) is 0 Å². The average molecular weight is 234 g/mol. The minimum absolute atomic E-state index is 0.0221. The first kappa shape index (κ1) is 12.6. The highest BCUT2D eigenvalue weighted by atomic mass is 16.5. The molecule has 1 heterocycles. The number of aryl methyl sites for hydroxylation is 3. The summed E-state index contributed by atoms with van der Waals surface area (Å²) in [4.78, 5) is 0. The van der Waals surface area contributed by atoms with Crippen molar-refractivity contribution in [3.8, 4) is 0 Å². The van der Waals surface area contributed by atoms with Crippen LogP contribution in [0.2, 0.25) is 0 Å². The Labute approximate surface area is 104 Å². The lowest BCUT2D eigenvalue weighted by molar-refractivity contribution is -0.0741. The Kier molecular flexibility index (Phi) is 3.85. The molecule has 2 nitrogen and oxygen atoms in total. The SMILES string of the molecule is Cc1cc(C)c([C@H]2CCC[C@@H](CO)O2)c(C)c1. The summed E-state index contributed by atoms with van der Waals surface area (Å²) in [5.74, 6) is 0. The molecule has 1 N–H and O–H groups in total. The van der Waals surface area contributed by atoms with Gasteiger partial charge in [-0.1, -0.05) is 17.7 Å². The first-order valence-electron chi connectivity index (χ1n) is 6.46. The second kappa shape index (κ2) is 5.19. The Morgan fingerprint density at radius 3 is 2.41 bits per heavy atom. The van der Waals surface area contributed by atoms with Crippen molar-refractivity contribution in [3.05, 3.63) is 34.4 Å². The van der Waals surface area contributed by atoms with Crippen molar-refractivity contribution in [1.82, 2.24) is 0 Å². The highest BCUT2D eigenvalue weighted by Crippen LogP contribution is 2.35. The van der Waals surface area contributed by atoms with E-state index < -0.39 is 0 Å². The molecule has 0 spiro atoms. The molecule has 1 saturated heterocycles. The topological polar surface area (TPSA) is 29.5 Å². The third-order valence-electron chi connectivity index (χ3n) is 3.61. The largest absolute Gasteiger partial charge is 0.394 e. The fourth-order valence-electron chi connectivity index (χ4n) is 2.95. The summed E-state index contributed by atoms with van der Waals surface area (Å²) >= 11 is 0. The van der Waals surface area contributed by atoms with Crippen LogP contribution in [0.4, 0.5) is 0 Å². The van der Waals surface area contributed by atoms with E-state index in [0.29, 0.717) is 0 Å². The number of benzene rings is 1. The van der Waals surface area contributed by atoms with Crippen molar-refractivity contribution >= 4 is 0 Å². The zero-order chi connectivity index (χ0) is 12.4. The van der Waals surface area contributed by atoms with Crippen molar-refractivity contribution in [2.75, 3.05) is 6.61 Å². The standard InChI is InChI=1S/C15H22O2/c1-10-7-11(2)15(12(3)8-10)14-6-4-5-13(9-16)17-14/h7-8,13-14,16H,4-6,9H2,1-3H3/t13-,14+/m0/s1. The van der Waals surface area contributed by atoms with Crippen molar-refractivity contribution in [2.45, 2.75) is 52.2 Å². The maximum atomic E-state index is 9.21. The Hall–Kier alpha value is -0.860.